The zero-order valence-electron chi connectivity index (χ0n) is 20.2. The summed E-state index contributed by atoms with van der Waals surface area (Å²) < 4.78 is 7.92. The van der Waals surface area contributed by atoms with E-state index in [-0.39, 0.29) is 11.5 Å². The number of carbonyl (C=O) groups excluding carboxylic acids is 1. The zero-order valence-corrected chi connectivity index (χ0v) is 21.0. The lowest BCUT2D eigenvalue weighted by Crippen LogP contribution is -2.23. The van der Waals surface area contributed by atoms with Crippen molar-refractivity contribution in [3.63, 3.8) is 0 Å². The topological polar surface area (TPSA) is 96.3 Å². The van der Waals surface area contributed by atoms with Crippen LogP contribution in [-0.4, -0.2) is 27.1 Å². The van der Waals surface area contributed by atoms with Gasteiger partial charge in [-0.15, -0.1) is 11.3 Å². The summed E-state index contributed by atoms with van der Waals surface area (Å²) in [6.07, 6.45) is 1.75. The summed E-state index contributed by atoms with van der Waals surface area (Å²) in [5.74, 6) is 1.06. The van der Waals surface area contributed by atoms with Gasteiger partial charge >= 0.3 is 0 Å². The van der Waals surface area contributed by atoms with E-state index in [0.29, 0.717) is 28.9 Å². The number of ether oxygens (including phenoxy) is 1. The molecule has 178 valence electrons. The van der Waals surface area contributed by atoms with Gasteiger partial charge < -0.3 is 24.7 Å². The first-order chi connectivity index (χ1) is 16.0. The van der Waals surface area contributed by atoms with E-state index in [9.17, 15) is 14.7 Å². The van der Waals surface area contributed by atoms with Gasteiger partial charge in [-0.25, -0.2) is 0 Å². The number of aromatic nitrogens is 2. The molecular weight excluding hydrogens is 450 g/mol. The van der Waals surface area contributed by atoms with Crippen LogP contribution in [0.25, 0.3) is 21.3 Å². The van der Waals surface area contributed by atoms with Gasteiger partial charge in [0.25, 0.3) is 11.5 Å². The quantitative estimate of drug-likeness (QED) is 0.363. The van der Waals surface area contributed by atoms with Crippen LogP contribution in [0, 0.1) is 13.8 Å². The van der Waals surface area contributed by atoms with Crippen LogP contribution in [0.4, 0.5) is 0 Å². The minimum absolute atomic E-state index is 0.231. The van der Waals surface area contributed by atoms with Crippen molar-refractivity contribution in [2.24, 2.45) is 7.05 Å². The molecule has 34 heavy (non-hydrogen) atoms. The Kier molecular flexibility index (Phi) is 6.14. The summed E-state index contributed by atoms with van der Waals surface area (Å²) in [7, 11) is 1.68. The number of fused-ring (bicyclic) bond motifs is 1. The molecule has 0 saturated carbocycles. The predicted octanol–water partition coefficient (Wildman–Crippen LogP) is 4.98. The van der Waals surface area contributed by atoms with Gasteiger partial charge in [0.15, 0.2) is 0 Å². The standard InChI is InChI=1S/C26H29N3O4S/c1-7-27-24(30)18-11-16-17(13-29(6)25(31)21(16)28-18)23-19(12-20(34-23)26(4,5)32)33-22-14(2)9-8-10-15(22)3/h8-13,28,32H,7H2,1-6H3,(H,27,30). The highest BCUT2D eigenvalue weighted by Crippen LogP contribution is 2.46. The Morgan fingerprint density at radius 2 is 1.91 bits per heavy atom. The lowest BCUT2D eigenvalue weighted by molar-refractivity contribution is 0.0824. The highest BCUT2D eigenvalue weighted by Gasteiger charge is 2.26. The molecule has 0 fully saturated rings. The first-order valence-corrected chi connectivity index (χ1v) is 11.9. The molecule has 0 radical (unpaired) electrons. The molecule has 3 aromatic heterocycles. The minimum atomic E-state index is -1.08. The van der Waals surface area contributed by atoms with Crippen molar-refractivity contribution in [1.29, 1.82) is 0 Å². The van der Waals surface area contributed by atoms with Crippen molar-refractivity contribution in [2.75, 3.05) is 6.54 Å². The lowest BCUT2D eigenvalue weighted by Gasteiger charge is -2.14. The average molecular weight is 480 g/mol. The van der Waals surface area contributed by atoms with Crippen molar-refractivity contribution in [1.82, 2.24) is 14.9 Å². The molecule has 3 heterocycles. The molecule has 4 aromatic rings. The van der Waals surface area contributed by atoms with Gasteiger partial charge in [-0.2, -0.15) is 0 Å². The number of nitrogens with one attached hydrogen (secondary N) is 2. The highest BCUT2D eigenvalue weighted by atomic mass is 32.1. The van der Waals surface area contributed by atoms with Crippen LogP contribution in [0.15, 0.2) is 41.3 Å². The van der Waals surface area contributed by atoms with Gasteiger partial charge in [-0.05, 0) is 57.9 Å². The third-order valence-electron chi connectivity index (χ3n) is 5.71. The molecule has 0 aliphatic carbocycles. The van der Waals surface area contributed by atoms with E-state index in [1.165, 1.54) is 15.9 Å². The summed E-state index contributed by atoms with van der Waals surface area (Å²) in [6, 6.07) is 9.50. The van der Waals surface area contributed by atoms with Crippen LogP contribution >= 0.6 is 11.3 Å². The van der Waals surface area contributed by atoms with Crippen LogP contribution in [0.1, 0.15) is 47.3 Å². The summed E-state index contributed by atoms with van der Waals surface area (Å²) in [6.45, 7) is 9.75. The van der Waals surface area contributed by atoms with Gasteiger partial charge in [0.2, 0.25) is 0 Å². The molecule has 0 atom stereocenters. The molecule has 3 N–H and O–H groups in total. The second-order valence-corrected chi connectivity index (χ2v) is 10.0. The maximum atomic E-state index is 12.9. The van der Waals surface area contributed by atoms with E-state index in [2.05, 4.69) is 10.3 Å². The van der Waals surface area contributed by atoms with Crippen molar-refractivity contribution >= 4 is 28.1 Å². The number of amides is 1. The highest BCUT2D eigenvalue weighted by molar-refractivity contribution is 7.16. The number of para-hydroxylation sites is 1. The number of aliphatic hydroxyl groups is 1. The Balaban J connectivity index is 1.97. The van der Waals surface area contributed by atoms with Crippen LogP contribution in [0.3, 0.4) is 0 Å². The van der Waals surface area contributed by atoms with Crippen molar-refractivity contribution < 1.29 is 14.6 Å². The zero-order chi connectivity index (χ0) is 24.8. The Morgan fingerprint density at radius 3 is 2.53 bits per heavy atom. The monoisotopic (exact) mass is 479 g/mol. The third-order valence-corrected chi connectivity index (χ3v) is 7.18. The first kappa shape index (κ1) is 23.8. The smallest absolute Gasteiger partial charge is 0.274 e. The van der Waals surface area contributed by atoms with Crippen LogP contribution < -0.4 is 15.6 Å². The van der Waals surface area contributed by atoms with Crippen molar-refractivity contribution in [3.8, 4) is 21.9 Å². The second-order valence-electron chi connectivity index (χ2n) is 8.98. The lowest BCUT2D eigenvalue weighted by atomic mass is 10.1. The molecule has 0 spiro atoms. The van der Waals surface area contributed by atoms with E-state index in [1.807, 2.05) is 45.0 Å². The fourth-order valence-electron chi connectivity index (χ4n) is 3.90. The van der Waals surface area contributed by atoms with E-state index in [0.717, 1.165) is 32.2 Å². The maximum Gasteiger partial charge on any atom is 0.274 e. The summed E-state index contributed by atoms with van der Waals surface area (Å²) in [5, 5.41) is 14.1. The molecule has 8 heteroatoms. The van der Waals surface area contributed by atoms with E-state index < -0.39 is 5.60 Å². The Bertz CT molecular complexity index is 1430. The number of aryl methyl sites for hydroxylation is 3. The van der Waals surface area contributed by atoms with Gasteiger partial charge in [0.05, 0.1) is 10.5 Å². The Morgan fingerprint density at radius 1 is 1.24 bits per heavy atom. The number of hydrogen-bond donors (Lipinski definition) is 3. The number of nitrogens with zero attached hydrogens (tertiary/aromatic N) is 1. The Hall–Kier alpha value is -3.36. The molecule has 0 saturated heterocycles. The number of carbonyl (C=O) groups is 1. The number of pyridine rings is 1. The van der Waals surface area contributed by atoms with E-state index in [1.54, 1.807) is 33.2 Å². The van der Waals surface area contributed by atoms with Crippen molar-refractivity contribution in [3.05, 3.63) is 68.6 Å². The molecular formula is C26H29N3O4S. The van der Waals surface area contributed by atoms with Crippen molar-refractivity contribution in [2.45, 2.75) is 40.2 Å². The number of rotatable bonds is 6. The number of benzene rings is 1. The van der Waals surface area contributed by atoms with Crippen LogP contribution in [-0.2, 0) is 12.6 Å². The van der Waals surface area contributed by atoms with Gasteiger partial charge in [0.1, 0.15) is 22.7 Å². The van der Waals surface area contributed by atoms with Gasteiger partial charge in [0, 0.05) is 35.6 Å². The number of thiophene rings is 1. The number of aromatic amines is 1. The average Bonchev–Trinajstić information content (AvgIpc) is 3.39. The summed E-state index contributed by atoms with van der Waals surface area (Å²) in [4.78, 5) is 29.8. The largest absolute Gasteiger partial charge is 0.455 e. The number of hydrogen-bond acceptors (Lipinski definition) is 5. The van der Waals surface area contributed by atoms with E-state index in [4.69, 9.17) is 4.74 Å². The van der Waals surface area contributed by atoms with Gasteiger partial charge in [-0.1, -0.05) is 18.2 Å². The first-order valence-electron chi connectivity index (χ1n) is 11.1. The van der Waals surface area contributed by atoms with Crippen LogP contribution in [0.2, 0.25) is 0 Å². The number of H-pyrrole nitrogens is 1. The Labute approximate surface area is 202 Å². The molecule has 4 rings (SSSR count). The third kappa shape index (κ3) is 4.26. The van der Waals surface area contributed by atoms with E-state index >= 15 is 0 Å². The SMILES string of the molecule is CCNC(=O)c1cc2c(-c3sc(C(C)(C)O)cc3Oc3c(C)cccc3C)cn(C)c(=O)c2[nH]1. The fraction of sp³-hybridized carbons (Fsp3) is 0.308. The molecule has 0 aliphatic rings. The summed E-state index contributed by atoms with van der Waals surface area (Å²) >= 11 is 1.40. The molecule has 1 aromatic carbocycles. The predicted molar refractivity (Wildman–Crippen MR) is 136 cm³/mol. The normalized spacial score (nSPS) is 11.7. The molecule has 1 amide bonds. The molecule has 0 bridgehead atoms. The minimum Gasteiger partial charge on any atom is -0.455 e. The fourth-order valence-corrected chi connectivity index (χ4v) is 5.01. The van der Waals surface area contributed by atoms with Gasteiger partial charge in [-0.3, -0.25) is 9.59 Å². The molecule has 0 unspecified atom stereocenters. The second kappa shape index (κ2) is 8.77. The molecule has 7 nitrogen and oxygen atoms in total. The van der Waals surface area contributed by atoms with Crippen LogP contribution in [0.5, 0.6) is 11.5 Å². The summed E-state index contributed by atoms with van der Waals surface area (Å²) in [5.41, 5.74) is 2.08. The molecule has 0 aliphatic heterocycles. The maximum absolute atomic E-state index is 12.9.